The monoisotopic (exact) mass is 262 g/mol. The number of hydrogen-bond donors (Lipinski definition) is 2. The molecule has 0 atom stereocenters. The van der Waals surface area contributed by atoms with Gasteiger partial charge >= 0.3 is 0 Å². The molecule has 0 radical (unpaired) electrons. The van der Waals surface area contributed by atoms with Crippen LogP contribution in [0.1, 0.15) is 6.92 Å². The Balaban J connectivity index is 2.27. The third-order valence-corrected chi connectivity index (χ3v) is 2.32. The quantitative estimate of drug-likeness (QED) is 0.826. The van der Waals surface area contributed by atoms with Gasteiger partial charge < -0.3 is 15.5 Å². The number of aromatic nitrogens is 5. The summed E-state index contributed by atoms with van der Waals surface area (Å²) < 4.78 is 1.71. The molecule has 19 heavy (non-hydrogen) atoms. The zero-order valence-electron chi connectivity index (χ0n) is 11.5. The molecule has 2 rings (SSSR count). The van der Waals surface area contributed by atoms with Crippen molar-refractivity contribution in [3.63, 3.8) is 0 Å². The Bertz CT molecular complexity index is 547. The summed E-state index contributed by atoms with van der Waals surface area (Å²) in [7, 11) is 5.63. The van der Waals surface area contributed by atoms with Gasteiger partial charge in [-0.2, -0.15) is 20.1 Å². The Morgan fingerprint density at radius 2 is 1.95 bits per heavy atom. The number of anilines is 4. The summed E-state index contributed by atoms with van der Waals surface area (Å²) in [6.45, 7) is 2.75. The highest BCUT2D eigenvalue weighted by Crippen LogP contribution is 2.15. The van der Waals surface area contributed by atoms with Gasteiger partial charge in [-0.15, -0.1) is 0 Å². The maximum atomic E-state index is 4.34. The number of hydrogen-bond acceptors (Lipinski definition) is 7. The molecule has 0 bridgehead atoms. The second kappa shape index (κ2) is 5.51. The van der Waals surface area contributed by atoms with E-state index in [2.05, 4.69) is 30.7 Å². The molecule has 0 aliphatic carbocycles. The lowest BCUT2D eigenvalue weighted by molar-refractivity contribution is 0.768. The summed E-state index contributed by atoms with van der Waals surface area (Å²) in [4.78, 5) is 14.8. The number of nitrogens with zero attached hydrogens (tertiary/aromatic N) is 6. The largest absolute Gasteiger partial charge is 0.354 e. The minimum absolute atomic E-state index is 0.489. The average Bonchev–Trinajstić information content (AvgIpc) is 2.75. The second-order valence-electron chi connectivity index (χ2n) is 4.24. The van der Waals surface area contributed by atoms with Gasteiger partial charge in [0.2, 0.25) is 17.8 Å². The lowest BCUT2D eigenvalue weighted by Gasteiger charge is -2.13. The summed E-state index contributed by atoms with van der Waals surface area (Å²) in [5, 5.41) is 10.3. The van der Waals surface area contributed by atoms with Crippen molar-refractivity contribution in [2.45, 2.75) is 6.92 Å². The lowest BCUT2D eigenvalue weighted by Crippen LogP contribution is -2.16. The minimum Gasteiger partial charge on any atom is -0.354 e. The van der Waals surface area contributed by atoms with Gasteiger partial charge in [-0.05, 0) is 6.92 Å². The smallest absolute Gasteiger partial charge is 0.233 e. The fourth-order valence-electron chi connectivity index (χ4n) is 1.47. The summed E-state index contributed by atoms with van der Waals surface area (Å²) >= 11 is 0. The second-order valence-corrected chi connectivity index (χ2v) is 4.24. The molecule has 0 saturated heterocycles. The van der Waals surface area contributed by atoms with Crippen molar-refractivity contribution in [2.24, 2.45) is 7.05 Å². The maximum absolute atomic E-state index is 4.34. The molecule has 0 amide bonds. The van der Waals surface area contributed by atoms with E-state index in [1.165, 1.54) is 0 Å². The van der Waals surface area contributed by atoms with Crippen LogP contribution in [-0.4, -0.2) is 45.4 Å². The van der Waals surface area contributed by atoms with Crippen LogP contribution in [0.3, 0.4) is 0 Å². The third-order valence-electron chi connectivity index (χ3n) is 2.32. The summed E-state index contributed by atoms with van der Waals surface area (Å²) in [6, 6.07) is 0. The summed E-state index contributed by atoms with van der Waals surface area (Å²) in [5.74, 6) is 1.63. The standard InChI is InChI=1S/C11H18N8/c1-5-12-9-15-10(17-11(16-9)18(2)3)14-8-6-13-19(4)7-8/h6-7H,5H2,1-4H3,(H2,12,14,15,16,17). The fourth-order valence-corrected chi connectivity index (χ4v) is 1.47. The molecule has 0 aromatic carbocycles. The molecule has 0 spiro atoms. The molecule has 0 aliphatic rings. The Morgan fingerprint density at radius 3 is 2.53 bits per heavy atom. The minimum atomic E-state index is 0.489. The zero-order chi connectivity index (χ0) is 13.8. The van der Waals surface area contributed by atoms with Crippen LogP contribution in [0, 0.1) is 0 Å². The van der Waals surface area contributed by atoms with Crippen molar-refractivity contribution in [1.82, 2.24) is 24.7 Å². The van der Waals surface area contributed by atoms with Crippen molar-refractivity contribution in [3.8, 4) is 0 Å². The maximum Gasteiger partial charge on any atom is 0.233 e. The first-order chi connectivity index (χ1) is 9.08. The van der Waals surface area contributed by atoms with E-state index in [0.717, 1.165) is 12.2 Å². The first kappa shape index (κ1) is 13.1. The van der Waals surface area contributed by atoms with Gasteiger partial charge in [0.05, 0.1) is 11.9 Å². The first-order valence-electron chi connectivity index (χ1n) is 6.01. The van der Waals surface area contributed by atoms with Crippen LogP contribution in [0.4, 0.5) is 23.5 Å². The molecule has 2 heterocycles. The Hall–Kier alpha value is -2.38. The Morgan fingerprint density at radius 1 is 1.21 bits per heavy atom. The van der Waals surface area contributed by atoms with E-state index >= 15 is 0 Å². The average molecular weight is 262 g/mol. The van der Waals surface area contributed by atoms with Crippen molar-refractivity contribution >= 4 is 23.5 Å². The van der Waals surface area contributed by atoms with Crippen LogP contribution in [0.2, 0.25) is 0 Å². The van der Waals surface area contributed by atoms with Crippen LogP contribution < -0.4 is 15.5 Å². The Kier molecular flexibility index (Phi) is 3.79. The van der Waals surface area contributed by atoms with Gasteiger partial charge in [0.25, 0.3) is 0 Å². The van der Waals surface area contributed by atoms with Gasteiger partial charge in [0, 0.05) is 33.9 Å². The summed E-state index contributed by atoms with van der Waals surface area (Å²) in [6.07, 6.45) is 3.57. The van der Waals surface area contributed by atoms with Crippen LogP contribution in [-0.2, 0) is 7.05 Å². The van der Waals surface area contributed by atoms with Crippen molar-refractivity contribution in [3.05, 3.63) is 12.4 Å². The molecule has 2 aromatic heterocycles. The van der Waals surface area contributed by atoms with Crippen LogP contribution in [0.25, 0.3) is 0 Å². The first-order valence-corrected chi connectivity index (χ1v) is 6.01. The highest BCUT2D eigenvalue weighted by Gasteiger charge is 2.08. The number of aryl methyl sites for hydroxylation is 1. The van der Waals surface area contributed by atoms with E-state index in [1.807, 2.05) is 39.2 Å². The third kappa shape index (κ3) is 3.30. The lowest BCUT2D eigenvalue weighted by atomic mass is 10.6. The van der Waals surface area contributed by atoms with Gasteiger partial charge in [-0.3, -0.25) is 4.68 Å². The molecule has 2 N–H and O–H groups in total. The van der Waals surface area contributed by atoms with Crippen molar-refractivity contribution in [2.75, 3.05) is 36.2 Å². The molecule has 0 fully saturated rings. The topological polar surface area (TPSA) is 83.8 Å². The van der Waals surface area contributed by atoms with E-state index in [4.69, 9.17) is 0 Å². The SMILES string of the molecule is CCNc1nc(Nc2cnn(C)c2)nc(N(C)C)n1. The number of rotatable bonds is 5. The van der Waals surface area contributed by atoms with Gasteiger partial charge in [0.1, 0.15) is 0 Å². The molecule has 2 aromatic rings. The molecular formula is C11H18N8. The van der Waals surface area contributed by atoms with E-state index in [1.54, 1.807) is 10.9 Å². The van der Waals surface area contributed by atoms with E-state index < -0.39 is 0 Å². The van der Waals surface area contributed by atoms with E-state index in [0.29, 0.717) is 17.8 Å². The molecule has 0 unspecified atom stereocenters. The molecule has 8 heteroatoms. The predicted octanol–water partition coefficient (Wildman–Crippen LogP) is 0.846. The zero-order valence-corrected chi connectivity index (χ0v) is 11.5. The van der Waals surface area contributed by atoms with Gasteiger partial charge in [-0.1, -0.05) is 0 Å². The molecule has 0 aliphatic heterocycles. The molecule has 102 valence electrons. The predicted molar refractivity (Wildman–Crippen MR) is 74.8 cm³/mol. The summed E-state index contributed by atoms with van der Waals surface area (Å²) in [5.41, 5.74) is 0.834. The highest BCUT2D eigenvalue weighted by atomic mass is 15.3. The van der Waals surface area contributed by atoms with Crippen molar-refractivity contribution in [1.29, 1.82) is 0 Å². The number of nitrogens with one attached hydrogen (secondary N) is 2. The highest BCUT2D eigenvalue weighted by molar-refractivity contribution is 5.53. The fraction of sp³-hybridized carbons (Fsp3) is 0.455. The molecule has 0 saturated carbocycles. The normalized spacial score (nSPS) is 10.3. The van der Waals surface area contributed by atoms with E-state index in [-0.39, 0.29) is 0 Å². The molecule has 8 nitrogen and oxygen atoms in total. The molecular weight excluding hydrogens is 244 g/mol. The Labute approximate surface area is 111 Å². The van der Waals surface area contributed by atoms with Gasteiger partial charge in [0.15, 0.2) is 0 Å². The van der Waals surface area contributed by atoms with Gasteiger partial charge in [-0.25, -0.2) is 0 Å². The van der Waals surface area contributed by atoms with Crippen LogP contribution in [0.15, 0.2) is 12.4 Å². The van der Waals surface area contributed by atoms with Crippen molar-refractivity contribution < 1.29 is 0 Å². The van der Waals surface area contributed by atoms with Crippen LogP contribution in [0.5, 0.6) is 0 Å². The van der Waals surface area contributed by atoms with Crippen LogP contribution >= 0.6 is 0 Å². The van der Waals surface area contributed by atoms with E-state index in [9.17, 15) is 0 Å².